The molecule has 0 saturated heterocycles. The van der Waals surface area contributed by atoms with Gasteiger partial charge in [-0.3, -0.25) is 4.98 Å². The van der Waals surface area contributed by atoms with Gasteiger partial charge in [0, 0.05) is 11.8 Å². The summed E-state index contributed by atoms with van der Waals surface area (Å²) < 4.78 is 42.2. The van der Waals surface area contributed by atoms with Gasteiger partial charge in [0.1, 0.15) is 5.69 Å². The van der Waals surface area contributed by atoms with E-state index < -0.39 is 17.9 Å². The van der Waals surface area contributed by atoms with Gasteiger partial charge >= 0.3 is 6.18 Å². The Morgan fingerprint density at radius 3 is 2.67 bits per heavy atom. The van der Waals surface area contributed by atoms with Gasteiger partial charge in [0.25, 0.3) is 0 Å². The van der Waals surface area contributed by atoms with E-state index in [2.05, 4.69) is 15.1 Å². The van der Waals surface area contributed by atoms with Crippen LogP contribution in [0.1, 0.15) is 24.6 Å². The average molecular weight is 258 g/mol. The molecule has 2 aromatic rings. The third-order valence-electron chi connectivity index (χ3n) is 2.14. The van der Waals surface area contributed by atoms with Crippen molar-refractivity contribution in [2.45, 2.75) is 19.1 Å². The number of alkyl halides is 3. The summed E-state index contributed by atoms with van der Waals surface area (Å²) in [5.41, 5.74) is 4.68. The summed E-state index contributed by atoms with van der Waals surface area (Å²) in [5.74, 6) is 0.213. The lowest BCUT2D eigenvalue weighted by Crippen LogP contribution is -2.07. The van der Waals surface area contributed by atoms with Crippen molar-refractivity contribution < 1.29 is 17.7 Å². The Hall–Kier alpha value is -1.96. The third kappa shape index (κ3) is 2.48. The van der Waals surface area contributed by atoms with Gasteiger partial charge in [0.2, 0.25) is 11.7 Å². The monoisotopic (exact) mass is 258 g/mol. The highest BCUT2D eigenvalue weighted by molar-refractivity contribution is 5.54. The highest BCUT2D eigenvalue weighted by atomic mass is 19.4. The van der Waals surface area contributed by atoms with Crippen molar-refractivity contribution in [2.24, 2.45) is 5.73 Å². The number of pyridine rings is 1. The molecule has 2 N–H and O–H groups in total. The van der Waals surface area contributed by atoms with E-state index in [-0.39, 0.29) is 17.3 Å². The van der Waals surface area contributed by atoms with Crippen LogP contribution in [0.15, 0.2) is 22.9 Å². The molecule has 0 amide bonds. The van der Waals surface area contributed by atoms with Crippen LogP contribution in [0.4, 0.5) is 13.2 Å². The van der Waals surface area contributed by atoms with Gasteiger partial charge < -0.3 is 10.3 Å². The number of rotatable bonds is 2. The second-order valence-corrected chi connectivity index (χ2v) is 3.67. The highest BCUT2D eigenvalue weighted by Gasteiger charge is 2.32. The smallest absolute Gasteiger partial charge is 0.337 e. The summed E-state index contributed by atoms with van der Waals surface area (Å²) in [6.07, 6.45) is -3.47. The van der Waals surface area contributed by atoms with E-state index >= 15 is 0 Å². The molecule has 1 unspecified atom stereocenters. The molecule has 5 nitrogen and oxygen atoms in total. The first-order chi connectivity index (χ1) is 8.38. The Kier molecular flexibility index (Phi) is 3.04. The van der Waals surface area contributed by atoms with Crippen molar-refractivity contribution in [2.75, 3.05) is 0 Å². The number of nitrogens with two attached hydrogens (primary N) is 1. The molecule has 8 heteroatoms. The van der Waals surface area contributed by atoms with Gasteiger partial charge in [-0.1, -0.05) is 5.16 Å². The normalized spacial score (nSPS) is 13.6. The summed E-state index contributed by atoms with van der Waals surface area (Å²) in [6.45, 7) is 1.63. The van der Waals surface area contributed by atoms with Crippen LogP contribution in [0.3, 0.4) is 0 Å². The third-order valence-corrected chi connectivity index (χ3v) is 2.14. The molecule has 2 heterocycles. The minimum atomic E-state index is -4.51. The van der Waals surface area contributed by atoms with Gasteiger partial charge in [-0.2, -0.15) is 18.2 Å². The molecule has 2 aromatic heterocycles. The maximum absolute atomic E-state index is 12.5. The first-order valence-electron chi connectivity index (χ1n) is 5.00. The highest BCUT2D eigenvalue weighted by Crippen LogP contribution is 2.29. The Morgan fingerprint density at radius 2 is 2.11 bits per heavy atom. The molecule has 0 aromatic carbocycles. The molecule has 1 atom stereocenters. The predicted molar refractivity (Wildman–Crippen MR) is 55.1 cm³/mol. The zero-order valence-electron chi connectivity index (χ0n) is 9.27. The molecule has 0 aliphatic carbocycles. The molecule has 18 heavy (non-hydrogen) atoms. The number of hydrogen-bond acceptors (Lipinski definition) is 5. The van der Waals surface area contributed by atoms with Crippen LogP contribution in [0.2, 0.25) is 0 Å². The van der Waals surface area contributed by atoms with Crippen molar-refractivity contribution in [3.63, 3.8) is 0 Å². The molecule has 0 saturated carbocycles. The second-order valence-electron chi connectivity index (χ2n) is 3.67. The minimum absolute atomic E-state index is 0.0511. The van der Waals surface area contributed by atoms with Crippen LogP contribution in [0, 0.1) is 0 Å². The Labute approximate surface area is 99.8 Å². The fourth-order valence-electron chi connectivity index (χ4n) is 1.26. The molecular weight excluding hydrogens is 249 g/mol. The fourth-order valence-corrected chi connectivity index (χ4v) is 1.26. The van der Waals surface area contributed by atoms with Gasteiger partial charge in [-0.05, 0) is 19.1 Å². The van der Waals surface area contributed by atoms with Gasteiger partial charge in [-0.25, -0.2) is 0 Å². The van der Waals surface area contributed by atoms with Gasteiger partial charge in [-0.15, -0.1) is 0 Å². The Morgan fingerprint density at radius 1 is 1.39 bits per heavy atom. The van der Waals surface area contributed by atoms with Crippen LogP contribution in [-0.2, 0) is 6.18 Å². The zero-order valence-corrected chi connectivity index (χ0v) is 9.27. The molecule has 2 rings (SSSR count). The number of aromatic nitrogens is 3. The van der Waals surface area contributed by atoms with Crippen molar-refractivity contribution in [1.82, 2.24) is 15.1 Å². The molecule has 0 spiro atoms. The van der Waals surface area contributed by atoms with E-state index in [1.165, 1.54) is 6.07 Å². The van der Waals surface area contributed by atoms with E-state index in [4.69, 9.17) is 10.3 Å². The number of hydrogen-bond donors (Lipinski definition) is 1. The maximum Gasteiger partial charge on any atom is 0.433 e. The van der Waals surface area contributed by atoms with Crippen molar-refractivity contribution in [3.05, 3.63) is 29.9 Å². The average Bonchev–Trinajstić information content (AvgIpc) is 2.77. The van der Waals surface area contributed by atoms with E-state index in [0.29, 0.717) is 0 Å². The quantitative estimate of drug-likeness (QED) is 0.893. The fraction of sp³-hybridized carbons (Fsp3) is 0.300. The van der Waals surface area contributed by atoms with E-state index in [1.807, 2.05) is 0 Å². The molecule has 0 aliphatic rings. The molecule has 0 fully saturated rings. The summed E-state index contributed by atoms with van der Waals surface area (Å²) in [6, 6.07) is 1.75. The topological polar surface area (TPSA) is 77.8 Å². The van der Waals surface area contributed by atoms with E-state index in [0.717, 1.165) is 12.3 Å². The van der Waals surface area contributed by atoms with Crippen LogP contribution in [0.5, 0.6) is 0 Å². The predicted octanol–water partition coefficient (Wildman–Crippen LogP) is 2.17. The minimum Gasteiger partial charge on any atom is -0.337 e. The Balaban J connectivity index is 2.38. The van der Waals surface area contributed by atoms with Crippen molar-refractivity contribution in [3.8, 4) is 11.4 Å². The van der Waals surface area contributed by atoms with Crippen LogP contribution >= 0.6 is 0 Å². The van der Waals surface area contributed by atoms with Gasteiger partial charge in [0.15, 0.2) is 0 Å². The van der Waals surface area contributed by atoms with E-state index in [9.17, 15) is 13.2 Å². The van der Waals surface area contributed by atoms with Crippen LogP contribution in [-0.4, -0.2) is 15.1 Å². The molecule has 96 valence electrons. The Bertz CT molecular complexity index is 550. The standard InChI is InChI=1S/C10H9F3N4O/c1-5(14)9-16-8(17-18-9)6-2-3-15-7(4-6)10(11,12)13/h2-5H,14H2,1H3. The zero-order chi connectivity index (χ0) is 13.3. The molecular formula is C10H9F3N4O. The maximum atomic E-state index is 12.5. The van der Waals surface area contributed by atoms with E-state index in [1.54, 1.807) is 6.92 Å². The lowest BCUT2D eigenvalue weighted by Gasteiger charge is -2.05. The summed E-state index contributed by atoms with van der Waals surface area (Å²) in [7, 11) is 0. The SMILES string of the molecule is CC(N)c1nc(-c2ccnc(C(F)(F)F)c2)no1. The van der Waals surface area contributed by atoms with Gasteiger partial charge in [0.05, 0.1) is 6.04 Å². The van der Waals surface area contributed by atoms with Crippen molar-refractivity contribution >= 4 is 0 Å². The largest absolute Gasteiger partial charge is 0.433 e. The number of nitrogens with zero attached hydrogens (tertiary/aromatic N) is 3. The van der Waals surface area contributed by atoms with Crippen LogP contribution in [0.25, 0.3) is 11.4 Å². The van der Waals surface area contributed by atoms with Crippen molar-refractivity contribution in [1.29, 1.82) is 0 Å². The molecule has 0 radical (unpaired) electrons. The summed E-state index contributed by atoms with van der Waals surface area (Å²) in [4.78, 5) is 7.15. The second kappa shape index (κ2) is 4.37. The molecule has 0 aliphatic heterocycles. The summed E-state index contributed by atoms with van der Waals surface area (Å²) >= 11 is 0. The summed E-state index contributed by atoms with van der Waals surface area (Å²) in [5, 5.41) is 3.57. The lowest BCUT2D eigenvalue weighted by atomic mass is 10.2. The number of halogens is 3. The first-order valence-corrected chi connectivity index (χ1v) is 5.00. The lowest BCUT2D eigenvalue weighted by molar-refractivity contribution is -0.141. The first kappa shape index (κ1) is 12.5. The molecule has 0 bridgehead atoms. The van der Waals surface area contributed by atoms with Crippen LogP contribution < -0.4 is 5.73 Å².